The molecular formula is C53H37NO. The highest BCUT2D eigenvalue weighted by atomic mass is 16.3. The van der Waals surface area contributed by atoms with Crippen molar-refractivity contribution in [2.24, 2.45) is 0 Å². The maximum Gasteiger partial charge on any atom is 0.136 e. The van der Waals surface area contributed by atoms with Gasteiger partial charge in [-0.25, -0.2) is 0 Å². The standard InChI is InChI=1S/C53H37NO/c1-53(2)49-19-7-5-16-45(49)46-28-27-42(33-50(46)53)54(41-14-9-13-38(30-41)44-18-10-12-35-11-3-4-15-43(35)44)40-25-23-34(24-26-40)36-21-22-37-31-48-47-17-6-8-20-51(47)55-52(48)32-39(37)29-36/h3-33H,1-2H3. The van der Waals surface area contributed by atoms with Crippen molar-refractivity contribution in [3.63, 3.8) is 0 Å². The summed E-state index contributed by atoms with van der Waals surface area (Å²) in [6.07, 6.45) is 0. The van der Waals surface area contributed by atoms with Gasteiger partial charge in [0, 0.05) is 33.2 Å². The van der Waals surface area contributed by atoms with Gasteiger partial charge in [-0.15, -0.1) is 0 Å². The molecule has 1 aliphatic rings. The van der Waals surface area contributed by atoms with Crippen LogP contribution in [-0.2, 0) is 5.41 Å². The predicted molar refractivity (Wildman–Crippen MR) is 232 cm³/mol. The molecule has 0 N–H and O–H groups in total. The van der Waals surface area contributed by atoms with Gasteiger partial charge < -0.3 is 9.32 Å². The fourth-order valence-electron chi connectivity index (χ4n) is 9.02. The maximum absolute atomic E-state index is 6.24. The molecule has 11 rings (SSSR count). The van der Waals surface area contributed by atoms with E-state index in [2.05, 4.69) is 195 Å². The number of rotatable bonds is 5. The first kappa shape index (κ1) is 31.6. The fourth-order valence-corrected chi connectivity index (χ4v) is 9.02. The lowest BCUT2D eigenvalue weighted by Crippen LogP contribution is -2.16. The highest BCUT2D eigenvalue weighted by Gasteiger charge is 2.35. The Balaban J connectivity index is 1.03. The number of anilines is 3. The molecule has 2 nitrogen and oxygen atoms in total. The van der Waals surface area contributed by atoms with Gasteiger partial charge in [-0.1, -0.05) is 141 Å². The Morgan fingerprint density at radius 2 is 1.05 bits per heavy atom. The molecule has 0 radical (unpaired) electrons. The third-order valence-corrected chi connectivity index (χ3v) is 11.8. The zero-order chi connectivity index (χ0) is 36.7. The molecule has 0 atom stereocenters. The number of para-hydroxylation sites is 1. The fraction of sp³-hybridized carbons (Fsp3) is 0.0566. The third-order valence-electron chi connectivity index (χ3n) is 11.8. The maximum atomic E-state index is 6.24. The summed E-state index contributed by atoms with van der Waals surface area (Å²) >= 11 is 0. The minimum atomic E-state index is -0.105. The molecule has 55 heavy (non-hydrogen) atoms. The highest BCUT2D eigenvalue weighted by molar-refractivity contribution is 6.10. The van der Waals surface area contributed by atoms with Gasteiger partial charge >= 0.3 is 0 Å². The lowest BCUT2D eigenvalue weighted by atomic mass is 9.82. The number of furan rings is 1. The van der Waals surface area contributed by atoms with E-state index in [9.17, 15) is 0 Å². The first-order chi connectivity index (χ1) is 27.0. The van der Waals surface area contributed by atoms with Crippen LogP contribution in [0.5, 0.6) is 0 Å². The van der Waals surface area contributed by atoms with Crippen LogP contribution in [0, 0.1) is 0 Å². The normalized spacial score (nSPS) is 13.1. The van der Waals surface area contributed by atoms with Crippen LogP contribution in [0.4, 0.5) is 17.1 Å². The average molecular weight is 704 g/mol. The Bertz CT molecular complexity index is 3120. The van der Waals surface area contributed by atoms with E-state index >= 15 is 0 Å². The number of nitrogens with zero attached hydrogens (tertiary/aromatic N) is 1. The van der Waals surface area contributed by atoms with Crippen LogP contribution in [0.3, 0.4) is 0 Å². The third kappa shape index (κ3) is 5.02. The second kappa shape index (κ2) is 12.1. The summed E-state index contributed by atoms with van der Waals surface area (Å²) < 4.78 is 6.24. The van der Waals surface area contributed by atoms with E-state index in [1.54, 1.807) is 0 Å². The first-order valence-electron chi connectivity index (χ1n) is 19.1. The minimum absolute atomic E-state index is 0.105. The summed E-state index contributed by atoms with van der Waals surface area (Å²) in [5.41, 5.74) is 15.3. The molecule has 0 saturated carbocycles. The Hall–Kier alpha value is -6.90. The van der Waals surface area contributed by atoms with Crippen molar-refractivity contribution in [2.75, 3.05) is 4.90 Å². The second-order valence-electron chi connectivity index (χ2n) is 15.4. The van der Waals surface area contributed by atoms with E-state index in [1.807, 2.05) is 12.1 Å². The smallest absolute Gasteiger partial charge is 0.136 e. The molecule has 0 saturated heterocycles. The van der Waals surface area contributed by atoms with Crippen LogP contribution in [0.25, 0.3) is 76.9 Å². The summed E-state index contributed by atoms with van der Waals surface area (Å²) in [6, 6.07) is 68.6. The van der Waals surface area contributed by atoms with Crippen LogP contribution in [0.2, 0.25) is 0 Å². The van der Waals surface area contributed by atoms with Crippen molar-refractivity contribution in [2.45, 2.75) is 19.3 Å². The molecule has 260 valence electrons. The van der Waals surface area contributed by atoms with Crippen LogP contribution in [-0.4, -0.2) is 0 Å². The van der Waals surface area contributed by atoms with Crippen LogP contribution in [0.15, 0.2) is 192 Å². The predicted octanol–water partition coefficient (Wildman–Crippen LogP) is 15.0. The van der Waals surface area contributed by atoms with Gasteiger partial charge in [0.25, 0.3) is 0 Å². The van der Waals surface area contributed by atoms with Gasteiger partial charge in [-0.3, -0.25) is 0 Å². The molecule has 0 fully saturated rings. The van der Waals surface area contributed by atoms with Crippen molar-refractivity contribution in [3.05, 3.63) is 199 Å². The summed E-state index contributed by atoms with van der Waals surface area (Å²) in [5, 5.41) is 7.19. The Morgan fingerprint density at radius 3 is 1.96 bits per heavy atom. The van der Waals surface area contributed by atoms with E-state index in [-0.39, 0.29) is 5.41 Å². The second-order valence-corrected chi connectivity index (χ2v) is 15.4. The number of hydrogen-bond donors (Lipinski definition) is 0. The zero-order valence-electron chi connectivity index (χ0n) is 30.8. The summed E-state index contributed by atoms with van der Waals surface area (Å²) in [7, 11) is 0. The molecule has 1 aromatic heterocycles. The van der Waals surface area contributed by atoms with Crippen LogP contribution >= 0.6 is 0 Å². The Kier molecular flexibility index (Phi) is 6.93. The van der Waals surface area contributed by atoms with Crippen molar-refractivity contribution in [3.8, 4) is 33.4 Å². The van der Waals surface area contributed by atoms with Crippen molar-refractivity contribution in [1.82, 2.24) is 0 Å². The highest BCUT2D eigenvalue weighted by Crippen LogP contribution is 2.51. The Morgan fingerprint density at radius 1 is 0.364 bits per heavy atom. The van der Waals surface area contributed by atoms with Gasteiger partial charge in [0.15, 0.2) is 0 Å². The monoisotopic (exact) mass is 703 g/mol. The molecule has 0 unspecified atom stereocenters. The topological polar surface area (TPSA) is 16.4 Å². The van der Waals surface area contributed by atoms with Gasteiger partial charge in [-0.05, 0) is 127 Å². The molecule has 1 heterocycles. The van der Waals surface area contributed by atoms with Crippen LogP contribution < -0.4 is 4.90 Å². The molecule has 10 aromatic rings. The molecule has 0 spiro atoms. The van der Waals surface area contributed by atoms with Gasteiger partial charge in [0.05, 0.1) is 0 Å². The van der Waals surface area contributed by atoms with E-state index < -0.39 is 0 Å². The average Bonchev–Trinajstić information content (AvgIpc) is 3.70. The summed E-state index contributed by atoms with van der Waals surface area (Å²) in [6.45, 7) is 4.70. The lowest BCUT2D eigenvalue weighted by molar-refractivity contribution is 0.660. The van der Waals surface area contributed by atoms with E-state index in [4.69, 9.17) is 4.42 Å². The summed E-state index contributed by atoms with van der Waals surface area (Å²) in [5.74, 6) is 0. The first-order valence-corrected chi connectivity index (χ1v) is 19.1. The molecule has 0 amide bonds. The molecular weight excluding hydrogens is 667 g/mol. The Labute approximate surface area is 320 Å². The quantitative estimate of drug-likeness (QED) is 0.177. The lowest BCUT2D eigenvalue weighted by Gasteiger charge is -2.28. The van der Waals surface area contributed by atoms with Crippen molar-refractivity contribution in [1.29, 1.82) is 0 Å². The van der Waals surface area contributed by atoms with Crippen molar-refractivity contribution >= 4 is 60.5 Å². The van der Waals surface area contributed by atoms with Crippen LogP contribution in [0.1, 0.15) is 25.0 Å². The zero-order valence-corrected chi connectivity index (χ0v) is 30.8. The molecule has 2 heteroatoms. The summed E-state index contributed by atoms with van der Waals surface area (Å²) in [4.78, 5) is 2.41. The van der Waals surface area contributed by atoms with Crippen molar-refractivity contribution < 1.29 is 4.42 Å². The SMILES string of the molecule is CC1(C)c2ccccc2-c2ccc(N(c3ccc(-c4ccc5cc6c(cc5c4)oc4ccccc46)cc3)c3cccc(-c4cccc5ccccc45)c3)cc21. The van der Waals surface area contributed by atoms with Gasteiger partial charge in [-0.2, -0.15) is 0 Å². The van der Waals surface area contributed by atoms with Gasteiger partial charge in [0.1, 0.15) is 11.2 Å². The van der Waals surface area contributed by atoms with E-state index in [1.165, 1.54) is 66.1 Å². The molecule has 1 aliphatic carbocycles. The molecule has 9 aromatic carbocycles. The molecule has 0 aliphatic heterocycles. The number of benzene rings is 9. The largest absolute Gasteiger partial charge is 0.456 e. The van der Waals surface area contributed by atoms with Gasteiger partial charge in [0.2, 0.25) is 0 Å². The molecule has 0 bridgehead atoms. The number of fused-ring (bicyclic) bond motifs is 8. The number of hydrogen-bond acceptors (Lipinski definition) is 2. The van der Waals surface area contributed by atoms with E-state index in [0.29, 0.717) is 0 Å². The van der Waals surface area contributed by atoms with E-state index in [0.717, 1.165) is 39.0 Å². The minimum Gasteiger partial charge on any atom is -0.456 e.